The van der Waals surface area contributed by atoms with Gasteiger partial charge >= 0.3 is 0 Å². The Hall–Kier alpha value is -2.69. The van der Waals surface area contributed by atoms with Gasteiger partial charge in [-0.25, -0.2) is 0 Å². The van der Waals surface area contributed by atoms with E-state index in [0.717, 1.165) is 17.7 Å². The zero-order chi connectivity index (χ0) is 14.7. The van der Waals surface area contributed by atoms with E-state index in [9.17, 15) is 0 Å². The minimum atomic E-state index is 0.484. The van der Waals surface area contributed by atoms with E-state index >= 15 is 0 Å². The molecule has 0 atom stereocenters. The third-order valence-electron chi connectivity index (χ3n) is 3.31. The molecular formula is C16H17N3O2. The van der Waals surface area contributed by atoms with Crippen molar-refractivity contribution in [2.24, 2.45) is 0 Å². The minimum Gasteiger partial charge on any atom is -0.496 e. The molecule has 3 N–H and O–H groups in total. The molecule has 0 radical (unpaired) electrons. The van der Waals surface area contributed by atoms with Crippen LogP contribution < -0.4 is 15.8 Å². The lowest BCUT2D eigenvalue weighted by Gasteiger charge is -2.07. The van der Waals surface area contributed by atoms with Crippen LogP contribution in [0.1, 0.15) is 5.56 Å². The first-order chi connectivity index (χ1) is 10.3. The Morgan fingerprint density at radius 3 is 2.86 bits per heavy atom. The number of aromatic nitrogens is 1. The number of oxazole rings is 1. The average Bonchev–Trinajstić information content (AvgIpc) is 2.92. The maximum atomic E-state index is 5.86. The van der Waals surface area contributed by atoms with Gasteiger partial charge < -0.3 is 20.2 Å². The molecule has 3 aromatic rings. The summed E-state index contributed by atoms with van der Waals surface area (Å²) in [6.07, 6.45) is 0.818. The maximum absolute atomic E-state index is 5.86. The topological polar surface area (TPSA) is 73.3 Å². The molecule has 0 unspecified atom stereocenters. The van der Waals surface area contributed by atoms with Crippen molar-refractivity contribution in [1.29, 1.82) is 0 Å². The summed E-state index contributed by atoms with van der Waals surface area (Å²) in [5, 5.41) is 3.17. The summed E-state index contributed by atoms with van der Waals surface area (Å²) in [6, 6.07) is 13.9. The SMILES string of the molecule is COc1ccccc1CCNc1nc2c(N)cccc2o1. The molecule has 0 fully saturated rings. The van der Waals surface area contributed by atoms with Crippen LogP contribution in [0.5, 0.6) is 5.75 Å². The summed E-state index contributed by atoms with van der Waals surface area (Å²) < 4.78 is 10.9. The predicted molar refractivity (Wildman–Crippen MR) is 83.6 cm³/mol. The summed E-state index contributed by atoms with van der Waals surface area (Å²) >= 11 is 0. The van der Waals surface area contributed by atoms with Gasteiger partial charge in [-0.05, 0) is 30.2 Å². The minimum absolute atomic E-state index is 0.484. The van der Waals surface area contributed by atoms with Crippen molar-refractivity contribution in [3.05, 3.63) is 48.0 Å². The van der Waals surface area contributed by atoms with Crippen LogP contribution in [0.15, 0.2) is 46.9 Å². The Labute approximate surface area is 122 Å². The fourth-order valence-corrected chi connectivity index (χ4v) is 2.26. The van der Waals surface area contributed by atoms with Crippen molar-refractivity contribution in [3.8, 4) is 5.75 Å². The van der Waals surface area contributed by atoms with E-state index < -0.39 is 0 Å². The van der Waals surface area contributed by atoms with Gasteiger partial charge in [0.25, 0.3) is 6.01 Å². The Balaban J connectivity index is 1.68. The van der Waals surface area contributed by atoms with Crippen LogP contribution >= 0.6 is 0 Å². The first-order valence-corrected chi connectivity index (χ1v) is 6.78. The molecule has 3 rings (SSSR count). The van der Waals surface area contributed by atoms with Crippen molar-refractivity contribution in [2.75, 3.05) is 24.7 Å². The molecular weight excluding hydrogens is 266 g/mol. The van der Waals surface area contributed by atoms with Gasteiger partial charge in [0.2, 0.25) is 0 Å². The van der Waals surface area contributed by atoms with Crippen molar-refractivity contribution in [1.82, 2.24) is 4.98 Å². The molecule has 0 aliphatic carbocycles. The Bertz CT molecular complexity index is 752. The van der Waals surface area contributed by atoms with Crippen molar-refractivity contribution in [2.45, 2.75) is 6.42 Å². The highest BCUT2D eigenvalue weighted by molar-refractivity contribution is 5.86. The lowest BCUT2D eigenvalue weighted by Crippen LogP contribution is -2.06. The van der Waals surface area contributed by atoms with Crippen LogP contribution in [0.25, 0.3) is 11.1 Å². The molecule has 5 nitrogen and oxygen atoms in total. The highest BCUT2D eigenvalue weighted by Crippen LogP contribution is 2.24. The quantitative estimate of drug-likeness (QED) is 0.704. The first kappa shape index (κ1) is 13.3. The fourth-order valence-electron chi connectivity index (χ4n) is 2.26. The average molecular weight is 283 g/mol. The smallest absolute Gasteiger partial charge is 0.295 e. The lowest BCUT2D eigenvalue weighted by molar-refractivity contribution is 0.410. The van der Waals surface area contributed by atoms with Crippen LogP contribution in [0.3, 0.4) is 0 Å². The number of fused-ring (bicyclic) bond motifs is 1. The van der Waals surface area contributed by atoms with Gasteiger partial charge in [-0.1, -0.05) is 24.3 Å². The molecule has 1 aromatic heterocycles. The van der Waals surface area contributed by atoms with Crippen molar-refractivity contribution < 1.29 is 9.15 Å². The van der Waals surface area contributed by atoms with E-state index in [1.807, 2.05) is 42.5 Å². The molecule has 0 amide bonds. The first-order valence-electron chi connectivity index (χ1n) is 6.78. The van der Waals surface area contributed by atoms with E-state index in [0.29, 0.717) is 29.3 Å². The number of nitrogen functional groups attached to an aromatic ring is 1. The summed E-state index contributed by atoms with van der Waals surface area (Å²) in [4.78, 5) is 4.35. The van der Waals surface area contributed by atoms with Crippen LogP contribution in [0.4, 0.5) is 11.7 Å². The number of rotatable bonds is 5. The number of hydrogen-bond acceptors (Lipinski definition) is 5. The molecule has 0 aliphatic rings. The number of nitrogens with two attached hydrogens (primary N) is 1. The second kappa shape index (κ2) is 5.75. The largest absolute Gasteiger partial charge is 0.496 e. The normalized spacial score (nSPS) is 10.7. The molecule has 0 spiro atoms. The van der Waals surface area contributed by atoms with E-state index in [-0.39, 0.29) is 0 Å². The molecule has 108 valence electrons. The number of nitrogens with zero attached hydrogens (tertiary/aromatic N) is 1. The molecule has 0 aliphatic heterocycles. The molecule has 0 bridgehead atoms. The summed E-state index contributed by atoms with van der Waals surface area (Å²) in [7, 11) is 1.68. The number of nitrogens with one attached hydrogen (secondary N) is 1. The highest BCUT2D eigenvalue weighted by Gasteiger charge is 2.08. The van der Waals surface area contributed by atoms with E-state index in [1.165, 1.54) is 0 Å². The van der Waals surface area contributed by atoms with Gasteiger partial charge in [0.05, 0.1) is 12.8 Å². The van der Waals surface area contributed by atoms with Gasteiger partial charge in [-0.3, -0.25) is 0 Å². The number of hydrogen-bond donors (Lipinski definition) is 2. The molecule has 1 heterocycles. The van der Waals surface area contributed by atoms with Gasteiger partial charge in [0.15, 0.2) is 5.58 Å². The maximum Gasteiger partial charge on any atom is 0.295 e. The zero-order valence-electron chi connectivity index (χ0n) is 11.8. The van der Waals surface area contributed by atoms with Crippen LogP contribution in [0.2, 0.25) is 0 Å². The van der Waals surface area contributed by atoms with E-state index in [4.69, 9.17) is 14.9 Å². The second-order valence-corrected chi connectivity index (χ2v) is 4.70. The van der Waals surface area contributed by atoms with Crippen LogP contribution in [0, 0.1) is 0 Å². The van der Waals surface area contributed by atoms with Gasteiger partial charge in [0.1, 0.15) is 11.3 Å². The molecule has 21 heavy (non-hydrogen) atoms. The van der Waals surface area contributed by atoms with Crippen molar-refractivity contribution in [3.63, 3.8) is 0 Å². The standard InChI is InChI=1S/C16H17N3O2/c1-20-13-7-3-2-5-11(13)9-10-18-16-19-15-12(17)6-4-8-14(15)21-16/h2-8H,9-10,17H2,1H3,(H,18,19). The third kappa shape index (κ3) is 2.76. The monoisotopic (exact) mass is 283 g/mol. The van der Waals surface area contributed by atoms with Crippen LogP contribution in [-0.4, -0.2) is 18.6 Å². The number of anilines is 2. The van der Waals surface area contributed by atoms with E-state index in [1.54, 1.807) is 7.11 Å². The summed E-state index contributed by atoms with van der Waals surface area (Å²) in [5.74, 6) is 0.890. The van der Waals surface area contributed by atoms with Gasteiger partial charge in [-0.15, -0.1) is 0 Å². The molecule has 5 heteroatoms. The lowest BCUT2D eigenvalue weighted by atomic mass is 10.1. The van der Waals surface area contributed by atoms with Crippen LogP contribution in [-0.2, 0) is 6.42 Å². The van der Waals surface area contributed by atoms with Crippen molar-refractivity contribution >= 4 is 22.8 Å². The Kier molecular flexibility index (Phi) is 3.64. The molecule has 2 aromatic carbocycles. The molecule has 0 saturated carbocycles. The second-order valence-electron chi connectivity index (χ2n) is 4.70. The summed E-state index contributed by atoms with van der Waals surface area (Å²) in [5.41, 5.74) is 9.00. The predicted octanol–water partition coefficient (Wildman–Crippen LogP) is 3.07. The van der Waals surface area contributed by atoms with E-state index in [2.05, 4.69) is 10.3 Å². The molecule has 0 saturated heterocycles. The number of benzene rings is 2. The number of methoxy groups -OCH3 is 1. The highest BCUT2D eigenvalue weighted by atomic mass is 16.5. The van der Waals surface area contributed by atoms with Gasteiger partial charge in [0, 0.05) is 6.54 Å². The number of ether oxygens (including phenoxy) is 1. The number of para-hydroxylation sites is 2. The Morgan fingerprint density at radius 2 is 2.05 bits per heavy atom. The fraction of sp³-hybridized carbons (Fsp3) is 0.188. The zero-order valence-corrected chi connectivity index (χ0v) is 11.8. The Morgan fingerprint density at radius 1 is 1.19 bits per heavy atom. The third-order valence-corrected chi connectivity index (χ3v) is 3.31. The van der Waals surface area contributed by atoms with Gasteiger partial charge in [-0.2, -0.15) is 4.98 Å². The summed E-state index contributed by atoms with van der Waals surface area (Å²) in [6.45, 7) is 0.701.